The van der Waals surface area contributed by atoms with Crippen LogP contribution >= 0.6 is 11.8 Å². The van der Waals surface area contributed by atoms with Crippen LogP contribution in [0, 0.1) is 24.0 Å². The number of carbonyl (C=O) groups excluding carboxylic acids is 1. The molecule has 0 aliphatic heterocycles. The second kappa shape index (κ2) is 6.85. The van der Waals surface area contributed by atoms with Crippen molar-refractivity contribution < 1.29 is 9.72 Å². The molecule has 1 amide bonds. The molecule has 0 fully saturated rings. The van der Waals surface area contributed by atoms with Crippen molar-refractivity contribution >= 4 is 34.8 Å². The molecule has 3 rings (SSSR count). The van der Waals surface area contributed by atoms with E-state index in [1.807, 2.05) is 19.9 Å². The van der Waals surface area contributed by atoms with Crippen LogP contribution in [0.5, 0.6) is 0 Å². The molecule has 10 heteroatoms. The Hall–Kier alpha value is -3.01. The molecule has 0 saturated carbocycles. The number of hydrogen-bond donors (Lipinski definition) is 1. The number of benzene rings is 1. The maximum Gasteiger partial charge on any atom is 0.271 e. The molecule has 128 valence electrons. The summed E-state index contributed by atoms with van der Waals surface area (Å²) < 4.78 is 1.78. The van der Waals surface area contributed by atoms with Crippen LogP contribution in [0.4, 0.5) is 11.4 Å². The maximum absolute atomic E-state index is 12.1. The summed E-state index contributed by atoms with van der Waals surface area (Å²) in [5.41, 5.74) is 2.07. The Kier molecular flexibility index (Phi) is 4.61. The molecule has 0 saturated heterocycles. The number of aryl methyl sites for hydroxylation is 2. The van der Waals surface area contributed by atoms with Crippen LogP contribution in [0.1, 0.15) is 11.4 Å². The van der Waals surface area contributed by atoms with Crippen molar-refractivity contribution in [3.05, 3.63) is 51.8 Å². The Morgan fingerprint density at radius 2 is 2.12 bits per heavy atom. The SMILES string of the molecule is Cc1cc(C)n2c(SCC(=O)Nc3cccc([N+](=O)[O-])c3)nnc2n1. The van der Waals surface area contributed by atoms with Gasteiger partial charge in [-0.05, 0) is 26.0 Å². The number of anilines is 1. The Balaban J connectivity index is 1.69. The number of amides is 1. The van der Waals surface area contributed by atoms with Gasteiger partial charge in [-0.2, -0.15) is 0 Å². The van der Waals surface area contributed by atoms with Gasteiger partial charge < -0.3 is 5.32 Å². The summed E-state index contributed by atoms with van der Waals surface area (Å²) in [7, 11) is 0. The van der Waals surface area contributed by atoms with E-state index >= 15 is 0 Å². The zero-order valence-corrected chi connectivity index (χ0v) is 14.3. The number of rotatable bonds is 5. The number of carbonyl (C=O) groups is 1. The van der Waals surface area contributed by atoms with E-state index in [0.29, 0.717) is 16.6 Å². The fraction of sp³-hybridized carbons (Fsp3) is 0.200. The third kappa shape index (κ3) is 3.74. The van der Waals surface area contributed by atoms with E-state index in [0.717, 1.165) is 11.4 Å². The Bertz CT molecular complexity index is 971. The molecule has 0 aliphatic carbocycles. The van der Waals surface area contributed by atoms with Crippen LogP contribution < -0.4 is 5.32 Å². The predicted molar refractivity (Wildman–Crippen MR) is 92.7 cm³/mol. The summed E-state index contributed by atoms with van der Waals surface area (Å²) in [6.45, 7) is 3.79. The van der Waals surface area contributed by atoms with Crippen molar-refractivity contribution in [2.75, 3.05) is 11.1 Å². The first-order valence-corrected chi connectivity index (χ1v) is 8.29. The van der Waals surface area contributed by atoms with E-state index in [4.69, 9.17) is 0 Å². The number of nitrogens with zero attached hydrogens (tertiary/aromatic N) is 5. The molecule has 0 unspecified atom stereocenters. The van der Waals surface area contributed by atoms with Gasteiger partial charge in [-0.15, -0.1) is 10.2 Å². The second-order valence-corrected chi connectivity index (χ2v) is 6.24. The van der Waals surface area contributed by atoms with Crippen LogP contribution in [0.25, 0.3) is 5.78 Å². The molecule has 0 aliphatic rings. The molecule has 0 spiro atoms. The lowest BCUT2D eigenvalue weighted by atomic mass is 10.3. The van der Waals surface area contributed by atoms with E-state index in [9.17, 15) is 14.9 Å². The highest BCUT2D eigenvalue weighted by Crippen LogP contribution is 2.20. The van der Waals surface area contributed by atoms with Gasteiger partial charge in [0.25, 0.3) is 11.5 Å². The maximum atomic E-state index is 12.1. The smallest absolute Gasteiger partial charge is 0.271 e. The van der Waals surface area contributed by atoms with E-state index in [-0.39, 0.29) is 17.3 Å². The summed E-state index contributed by atoms with van der Waals surface area (Å²) in [6, 6.07) is 7.70. The summed E-state index contributed by atoms with van der Waals surface area (Å²) >= 11 is 1.22. The minimum atomic E-state index is -0.509. The number of thioether (sulfide) groups is 1. The minimum Gasteiger partial charge on any atom is -0.325 e. The lowest BCUT2D eigenvalue weighted by molar-refractivity contribution is -0.384. The number of non-ortho nitro benzene ring substituents is 1. The van der Waals surface area contributed by atoms with Crippen LogP contribution in [0.15, 0.2) is 35.5 Å². The monoisotopic (exact) mass is 358 g/mol. The molecule has 2 heterocycles. The number of hydrogen-bond acceptors (Lipinski definition) is 7. The summed E-state index contributed by atoms with van der Waals surface area (Å²) in [4.78, 5) is 26.6. The Morgan fingerprint density at radius 1 is 1.32 bits per heavy atom. The number of nitro groups is 1. The number of fused-ring (bicyclic) bond motifs is 1. The summed E-state index contributed by atoms with van der Waals surface area (Å²) in [5.74, 6) is 0.288. The van der Waals surface area contributed by atoms with Crippen LogP contribution in [-0.2, 0) is 4.79 Å². The van der Waals surface area contributed by atoms with E-state index < -0.39 is 4.92 Å². The van der Waals surface area contributed by atoms with Crippen LogP contribution in [0.3, 0.4) is 0 Å². The largest absolute Gasteiger partial charge is 0.325 e. The van der Waals surface area contributed by atoms with Crippen molar-refractivity contribution in [3.63, 3.8) is 0 Å². The van der Waals surface area contributed by atoms with Crippen LogP contribution in [0.2, 0.25) is 0 Å². The topological polar surface area (TPSA) is 115 Å². The van der Waals surface area contributed by atoms with E-state index in [1.54, 1.807) is 10.5 Å². The summed E-state index contributed by atoms with van der Waals surface area (Å²) in [5, 5.41) is 22.0. The zero-order chi connectivity index (χ0) is 18.0. The third-order valence-corrected chi connectivity index (χ3v) is 4.27. The molecule has 1 N–H and O–H groups in total. The zero-order valence-electron chi connectivity index (χ0n) is 13.5. The lowest BCUT2D eigenvalue weighted by Crippen LogP contribution is -2.14. The number of nitro benzene ring substituents is 1. The van der Waals surface area contributed by atoms with Crippen molar-refractivity contribution in [2.45, 2.75) is 19.0 Å². The molecular weight excluding hydrogens is 344 g/mol. The average molecular weight is 358 g/mol. The predicted octanol–water partition coefficient (Wildman–Crippen LogP) is 2.38. The first-order valence-electron chi connectivity index (χ1n) is 7.30. The van der Waals surface area contributed by atoms with Crippen molar-refractivity contribution in [2.24, 2.45) is 0 Å². The molecule has 9 nitrogen and oxygen atoms in total. The molecule has 25 heavy (non-hydrogen) atoms. The minimum absolute atomic E-state index is 0.0778. The van der Waals surface area contributed by atoms with Crippen molar-refractivity contribution in [1.29, 1.82) is 0 Å². The molecule has 1 aromatic carbocycles. The first-order chi connectivity index (χ1) is 11.9. The average Bonchev–Trinajstić information content (AvgIpc) is 2.96. The quantitative estimate of drug-likeness (QED) is 0.423. The molecule has 3 aromatic rings. The standard InChI is InChI=1S/C15H14N6O3S/c1-9-6-10(2)20-14(16-9)18-19-15(20)25-8-13(22)17-11-4-3-5-12(7-11)21(23)24/h3-7H,8H2,1-2H3,(H,17,22). The lowest BCUT2D eigenvalue weighted by Gasteiger charge is -2.05. The molecular formula is C15H14N6O3S. The van der Waals surface area contributed by atoms with Gasteiger partial charge in [0, 0.05) is 29.2 Å². The Labute approximate surface area is 146 Å². The van der Waals surface area contributed by atoms with Gasteiger partial charge in [0.05, 0.1) is 10.7 Å². The van der Waals surface area contributed by atoms with Gasteiger partial charge in [-0.25, -0.2) is 4.98 Å². The van der Waals surface area contributed by atoms with E-state index in [2.05, 4.69) is 20.5 Å². The highest BCUT2D eigenvalue weighted by atomic mass is 32.2. The second-order valence-electron chi connectivity index (χ2n) is 5.30. The Morgan fingerprint density at radius 3 is 2.88 bits per heavy atom. The third-order valence-electron chi connectivity index (χ3n) is 3.34. The van der Waals surface area contributed by atoms with Gasteiger partial charge in [-0.3, -0.25) is 19.3 Å². The number of nitrogens with one attached hydrogen (secondary N) is 1. The van der Waals surface area contributed by atoms with Gasteiger partial charge in [0.15, 0.2) is 5.16 Å². The molecule has 0 atom stereocenters. The van der Waals surface area contributed by atoms with Gasteiger partial charge in [-0.1, -0.05) is 17.8 Å². The fourth-order valence-electron chi connectivity index (χ4n) is 2.32. The van der Waals surface area contributed by atoms with E-state index in [1.165, 1.54) is 30.0 Å². The normalized spacial score (nSPS) is 10.8. The fourth-order valence-corrected chi connectivity index (χ4v) is 3.10. The number of aromatic nitrogens is 4. The summed E-state index contributed by atoms with van der Waals surface area (Å²) in [6.07, 6.45) is 0. The molecule has 0 radical (unpaired) electrons. The molecule has 0 bridgehead atoms. The highest BCUT2D eigenvalue weighted by Gasteiger charge is 2.13. The van der Waals surface area contributed by atoms with Gasteiger partial charge >= 0.3 is 0 Å². The van der Waals surface area contributed by atoms with Crippen molar-refractivity contribution in [3.8, 4) is 0 Å². The first kappa shape index (κ1) is 16.8. The molecule has 2 aromatic heterocycles. The van der Waals surface area contributed by atoms with Gasteiger partial charge in [0.2, 0.25) is 5.91 Å². The van der Waals surface area contributed by atoms with Crippen molar-refractivity contribution in [1.82, 2.24) is 19.6 Å². The van der Waals surface area contributed by atoms with Crippen LogP contribution in [-0.4, -0.2) is 36.2 Å². The highest BCUT2D eigenvalue weighted by molar-refractivity contribution is 7.99. The van der Waals surface area contributed by atoms with Gasteiger partial charge in [0.1, 0.15) is 0 Å².